The summed E-state index contributed by atoms with van der Waals surface area (Å²) in [5, 5.41) is 23.0. The highest BCUT2D eigenvalue weighted by Gasteiger charge is 2.34. The van der Waals surface area contributed by atoms with Gasteiger partial charge in [0.2, 0.25) is 23.6 Å². The van der Waals surface area contributed by atoms with Crippen molar-refractivity contribution < 1.29 is 24.3 Å². The van der Waals surface area contributed by atoms with Crippen molar-refractivity contribution in [2.24, 2.45) is 17.8 Å². The van der Waals surface area contributed by atoms with Crippen molar-refractivity contribution in [3.8, 4) is 0 Å². The van der Waals surface area contributed by atoms with E-state index in [0.29, 0.717) is 30.9 Å². The topological polar surface area (TPSA) is 165 Å². The number of aromatic nitrogens is 2. The minimum absolute atomic E-state index is 0.0855. The number of amides is 4. The van der Waals surface area contributed by atoms with Crippen LogP contribution in [0.2, 0.25) is 0 Å². The van der Waals surface area contributed by atoms with Crippen molar-refractivity contribution in [2.45, 2.75) is 115 Å². The van der Waals surface area contributed by atoms with Gasteiger partial charge in [0.1, 0.15) is 18.1 Å². The zero-order valence-electron chi connectivity index (χ0n) is 27.8. The van der Waals surface area contributed by atoms with Crippen LogP contribution in [0, 0.1) is 17.8 Å². The first-order chi connectivity index (χ1) is 22.6. The minimum atomic E-state index is -1.02. The number of imidazole rings is 1. The van der Waals surface area contributed by atoms with E-state index in [0.717, 1.165) is 31.2 Å². The Balaban J connectivity index is 1.54. The van der Waals surface area contributed by atoms with Crippen LogP contribution in [0.25, 0.3) is 0 Å². The number of allylic oxidation sites excluding steroid dienone is 1. The molecule has 0 radical (unpaired) electrons. The summed E-state index contributed by atoms with van der Waals surface area (Å²) in [5.74, 6) is -0.838. The standard InChI is InChI=1S/C36H52N6O5/c1-4-26(23(2)3)19-32(43)29(17-24-11-7-5-8-12-24)40-36(47)31(20-27-21-37-22-38-27)42-35(46)30(18-25-13-9-6-10-14-25)41-34(45)28-15-16-33(44)39-28/h4,6,9-10,13-14,21-24,26,28-32,43H,1,5,7-8,11-12,15-20H2,2-3H3,(H,37,38)(H,39,44)(H,40,47)(H,41,45)(H,42,46)/t26-,28-,29-,30-,31-,32-/m0/s1. The maximum absolute atomic E-state index is 14.1. The molecule has 1 saturated heterocycles. The number of H-pyrrole nitrogens is 1. The van der Waals surface area contributed by atoms with Gasteiger partial charge in [-0.3, -0.25) is 19.2 Å². The molecule has 1 aromatic carbocycles. The van der Waals surface area contributed by atoms with E-state index in [9.17, 15) is 24.3 Å². The minimum Gasteiger partial charge on any atom is -0.391 e. The summed E-state index contributed by atoms with van der Waals surface area (Å²) in [5.41, 5.74) is 1.41. The van der Waals surface area contributed by atoms with Gasteiger partial charge in [0.25, 0.3) is 0 Å². The van der Waals surface area contributed by atoms with Crippen molar-refractivity contribution in [1.29, 1.82) is 0 Å². The highest BCUT2D eigenvalue weighted by atomic mass is 16.3. The molecule has 0 bridgehead atoms. The summed E-state index contributed by atoms with van der Waals surface area (Å²) in [6.45, 7) is 8.15. The number of carbonyl (C=O) groups excluding carboxylic acids is 4. The number of aliphatic hydroxyl groups is 1. The molecule has 2 heterocycles. The Morgan fingerprint density at radius 2 is 1.70 bits per heavy atom. The van der Waals surface area contributed by atoms with E-state index < -0.39 is 48.0 Å². The van der Waals surface area contributed by atoms with Crippen molar-refractivity contribution >= 4 is 23.6 Å². The zero-order valence-corrected chi connectivity index (χ0v) is 27.8. The Labute approximate surface area is 278 Å². The molecular formula is C36H52N6O5. The first-order valence-electron chi connectivity index (χ1n) is 17.2. The molecule has 256 valence electrons. The number of benzene rings is 1. The van der Waals surface area contributed by atoms with E-state index >= 15 is 0 Å². The SMILES string of the molecule is C=C[C@@H](C[C@H](O)[C@H](CC1CCCCC1)NC(=O)[C@H](Cc1c[nH]cn1)NC(=O)[C@H](Cc1ccccc1)NC(=O)[C@@H]1CCC(=O)N1)C(C)C. The number of nitrogens with one attached hydrogen (secondary N) is 5. The van der Waals surface area contributed by atoms with Gasteiger partial charge in [-0.1, -0.05) is 82.4 Å². The predicted molar refractivity (Wildman–Crippen MR) is 180 cm³/mol. The molecule has 6 atom stereocenters. The largest absolute Gasteiger partial charge is 0.391 e. The summed E-state index contributed by atoms with van der Waals surface area (Å²) < 4.78 is 0. The maximum Gasteiger partial charge on any atom is 0.243 e. The maximum atomic E-state index is 14.1. The molecule has 0 unspecified atom stereocenters. The van der Waals surface area contributed by atoms with Crippen molar-refractivity contribution in [1.82, 2.24) is 31.2 Å². The van der Waals surface area contributed by atoms with Crippen LogP contribution in [-0.4, -0.2) is 69.0 Å². The van der Waals surface area contributed by atoms with E-state index in [-0.39, 0.29) is 37.0 Å². The highest BCUT2D eigenvalue weighted by Crippen LogP contribution is 2.30. The molecule has 47 heavy (non-hydrogen) atoms. The lowest BCUT2D eigenvalue weighted by molar-refractivity contribution is -0.133. The van der Waals surface area contributed by atoms with Crippen LogP contribution >= 0.6 is 0 Å². The molecule has 1 aliphatic heterocycles. The fraction of sp³-hybridized carbons (Fsp3) is 0.583. The Kier molecular flexibility index (Phi) is 13.6. The van der Waals surface area contributed by atoms with Crippen molar-refractivity contribution in [3.63, 3.8) is 0 Å². The molecule has 1 saturated carbocycles. The third kappa shape index (κ3) is 11.1. The molecular weight excluding hydrogens is 596 g/mol. The molecule has 0 spiro atoms. The normalized spacial score (nSPS) is 20.0. The van der Waals surface area contributed by atoms with E-state index in [1.165, 1.54) is 12.7 Å². The number of hydrogen-bond donors (Lipinski definition) is 6. The Hall–Kier alpha value is -3.99. The van der Waals surface area contributed by atoms with Crippen LogP contribution in [0.5, 0.6) is 0 Å². The van der Waals surface area contributed by atoms with Gasteiger partial charge < -0.3 is 31.4 Å². The molecule has 11 nitrogen and oxygen atoms in total. The molecule has 2 aliphatic rings. The number of hydrogen-bond acceptors (Lipinski definition) is 6. The second-order valence-electron chi connectivity index (χ2n) is 13.5. The predicted octanol–water partition coefficient (Wildman–Crippen LogP) is 3.11. The van der Waals surface area contributed by atoms with Crippen LogP contribution < -0.4 is 21.3 Å². The van der Waals surface area contributed by atoms with Gasteiger partial charge in [-0.25, -0.2) is 4.98 Å². The Bertz CT molecular complexity index is 1310. The van der Waals surface area contributed by atoms with Gasteiger partial charge in [-0.2, -0.15) is 0 Å². The second-order valence-corrected chi connectivity index (χ2v) is 13.5. The molecule has 4 amide bonds. The van der Waals surface area contributed by atoms with Gasteiger partial charge in [-0.05, 0) is 42.6 Å². The quantitative estimate of drug-likeness (QED) is 0.144. The summed E-state index contributed by atoms with van der Waals surface area (Å²) in [4.78, 5) is 60.0. The van der Waals surface area contributed by atoms with E-state index in [4.69, 9.17) is 0 Å². The lowest BCUT2D eigenvalue weighted by Gasteiger charge is -2.33. The van der Waals surface area contributed by atoms with Crippen LogP contribution in [-0.2, 0) is 32.0 Å². The molecule has 2 aromatic rings. The molecule has 1 aromatic heterocycles. The lowest BCUT2D eigenvalue weighted by Crippen LogP contribution is -2.58. The Morgan fingerprint density at radius 1 is 1.00 bits per heavy atom. The summed E-state index contributed by atoms with van der Waals surface area (Å²) >= 11 is 0. The number of rotatable bonds is 17. The average molecular weight is 649 g/mol. The monoisotopic (exact) mass is 648 g/mol. The number of aromatic amines is 1. The third-order valence-electron chi connectivity index (χ3n) is 9.61. The fourth-order valence-corrected chi connectivity index (χ4v) is 6.70. The van der Waals surface area contributed by atoms with E-state index in [1.54, 1.807) is 6.20 Å². The number of nitrogens with zero attached hydrogens (tertiary/aromatic N) is 1. The van der Waals surface area contributed by atoms with Crippen molar-refractivity contribution in [2.75, 3.05) is 0 Å². The summed E-state index contributed by atoms with van der Waals surface area (Å²) in [6.07, 6.45) is 11.9. The van der Waals surface area contributed by atoms with E-state index in [1.807, 2.05) is 36.4 Å². The number of aliphatic hydroxyl groups excluding tert-OH is 1. The van der Waals surface area contributed by atoms with Gasteiger partial charge in [0.05, 0.1) is 24.2 Å². The smallest absolute Gasteiger partial charge is 0.243 e. The molecule has 1 aliphatic carbocycles. The first kappa shape index (κ1) is 35.9. The van der Waals surface area contributed by atoms with Crippen LogP contribution in [0.1, 0.15) is 82.9 Å². The Morgan fingerprint density at radius 3 is 2.32 bits per heavy atom. The third-order valence-corrected chi connectivity index (χ3v) is 9.61. The van der Waals surface area contributed by atoms with Crippen LogP contribution in [0.15, 0.2) is 55.5 Å². The summed E-state index contributed by atoms with van der Waals surface area (Å²) in [6, 6.07) is 6.06. The molecule has 6 N–H and O–H groups in total. The van der Waals surface area contributed by atoms with E-state index in [2.05, 4.69) is 51.7 Å². The number of carbonyl (C=O) groups is 4. The van der Waals surface area contributed by atoms with Gasteiger partial charge in [0, 0.05) is 25.5 Å². The highest BCUT2D eigenvalue weighted by molar-refractivity contribution is 5.95. The van der Waals surface area contributed by atoms with Gasteiger partial charge >= 0.3 is 0 Å². The first-order valence-corrected chi connectivity index (χ1v) is 17.2. The fourth-order valence-electron chi connectivity index (χ4n) is 6.70. The zero-order chi connectivity index (χ0) is 33.8. The van der Waals surface area contributed by atoms with Gasteiger partial charge in [0.15, 0.2) is 0 Å². The van der Waals surface area contributed by atoms with Crippen LogP contribution in [0.4, 0.5) is 0 Å². The van der Waals surface area contributed by atoms with Crippen molar-refractivity contribution in [3.05, 3.63) is 66.8 Å². The van der Waals surface area contributed by atoms with Gasteiger partial charge in [-0.15, -0.1) is 6.58 Å². The summed E-state index contributed by atoms with van der Waals surface area (Å²) in [7, 11) is 0. The van der Waals surface area contributed by atoms with Crippen LogP contribution in [0.3, 0.4) is 0 Å². The second kappa shape index (κ2) is 17.8. The average Bonchev–Trinajstić information content (AvgIpc) is 3.75. The molecule has 4 rings (SSSR count). The molecule has 2 fully saturated rings. The lowest BCUT2D eigenvalue weighted by atomic mass is 9.81. The molecule has 11 heteroatoms.